The Balaban J connectivity index is 3.86. The van der Waals surface area contributed by atoms with Gasteiger partial charge in [0.15, 0.2) is 0 Å². The summed E-state index contributed by atoms with van der Waals surface area (Å²) in [6.07, 6.45) is 1.76. The van der Waals surface area contributed by atoms with Crippen molar-refractivity contribution >= 4 is 0 Å². The molecule has 0 radical (unpaired) electrons. The van der Waals surface area contributed by atoms with E-state index in [1.165, 1.54) is 5.57 Å². The summed E-state index contributed by atoms with van der Waals surface area (Å²) < 4.78 is 0. The lowest BCUT2D eigenvalue weighted by molar-refractivity contribution is 0.169. The van der Waals surface area contributed by atoms with Crippen molar-refractivity contribution in [3.8, 4) is 0 Å². The molecule has 2 heteroatoms. The van der Waals surface area contributed by atoms with E-state index in [4.69, 9.17) is 5.11 Å². The Morgan fingerprint density at radius 3 is 2.36 bits per heavy atom. The summed E-state index contributed by atoms with van der Waals surface area (Å²) in [5, 5.41) is 17.7. The number of hydrogen-bond donors (Lipinski definition) is 2. The molecule has 0 saturated carbocycles. The number of hydrogen-bond acceptors (Lipinski definition) is 2. The van der Waals surface area contributed by atoms with Gasteiger partial charge >= 0.3 is 0 Å². The number of aliphatic hydroxyl groups excluding tert-OH is 2. The Hall–Kier alpha value is -0.340. The van der Waals surface area contributed by atoms with E-state index in [1.807, 2.05) is 6.92 Å². The molecule has 0 heterocycles. The topological polar surface area (TPSA) is 40.5 Å². The first-order valence-corrected chi connectivity index (χ1v) is 4.05. The quantitative estimate of drug-likeness (QED) is 0.606. The number of aliphatic hydroxyl groups is 2. The summed E-state index contributed by atoms with van der Waals surface area (Å²) in [6.45, 7) is 6.20. The average molecular weight is 158 g/mol. The van der Waals surface area contributed by atoms with Crippen LogP contribution in [0.2, 0.25) is 0 Å². The summed E-state index contributed by atoms with van der Waals surface area (Å²) >= 11 is 0. The first-order chi connectivity index (χ1) is 5.07. The van der Waals surface area contributed by atoms with Gasteiger partial charge in [-0.25, -0.2) is 0 Å². The van der Waals surface area contributed by atoms with Gasteiger partial charge in [-0.15, -0.1) is 0 Å². The normalized spacial score (nSPS) is 15.6. The summed E-state index contributed by atoms with van der Waals surface area (Å²) in [5.41, 5.74) is 1.17. The van der Waals surface area contributed by atoms with Crippen molar-refractivity contribution in [1.82, 2.24) is 0 Å². The largest absolute Gasteiger partial charge is 0.396 e. The van der Waals surface area contributed by atoms with E-state index >= 15 is 0 Å². The van der Waals surface area contributed by atoms with Crippen LogP contribution in [-0.4, -0.2) is 22.9 Å². The maximum atomic E-state index is 9.23. The van der Waals surface area contributed by atoms with Crippen molar-refractivity contribution in [3.05, 3.63) is 11.6 Å². The Bertz CT molecular complexity index is 128. The van der Waals surface area contributed by atoms with Crippen LogP contribution >= 0.6 is 0 Å². The highest BCUT2D eigenvalue weighted by Crippen LogP contribution is 2.09. The predicted octanol–water partition coefficient (Wildman–Crippen LogP) is 1.33. The van der Waals surface area contributed by atoms with Gasteiger partial charge in [0.1, 0.15) is 0 Å². The molecule has 11 heavy (non-hydrogen) atoms. The molecule has 0 aliphatic carbocycles. The summed E-state index contributed by atoms with van der Waals surface area (Å²) in [5.74, 6) is 0.475. The average Bonchev–Trinajstić information content (AvgIpc) is 1.87. The molecule has 0 amide bonds. The van der Waals surface area contributed by atoms with Gasteiger partial charge in [-0.3, -0.25) is 0 Å². The van der Waals surface area contributed by atoms with Crippen LogP contribution in [0.15, 0.2) is 11.6 Å². The highest BCUT2D eigenvalue weighted by Gasteiger charge is 2.01. The highest BCUT2D eigenvalue weighted by atomic mass is 16.3. The minimum Gasteiger partial charge on any atom is -0.396 e. The lowest BCUT2D eigenvalue weighted by atomic mass is 10.0. The fraction of sp³-hybridized carbons (Fsp3) is 0.778. The minimum atomic E-state index is -0.484. The van der Waals surface area contributed by atoms with Gasteiger partial charge in [0.25, 0.3) is 0 Å². The van der Waals surface area contributed by atoms with Crippen molar-refractivity contribution in [2.24, 2.45) is 5.92 Å². The zero-order valence-electron chi connectivity index (χ0n) is 7.54. The Morgan fingerprint density at radius 2 is 2.00 bits per heavy atom. The van der Waals surface area contributed by atoms with Crippen molar-refractivity contribution in [1.29, 1.82) is 0 Å². The maximum absolute atomic E-state index is 9.23. The van der Waals surface area contributed by atoms with Crippen LogP contribution in [0, 0.1) is 5.92 Å². The molecule has 2 N–H and O–H groups in total. The lowest BCUT2D eigenvalue weighted by Crippen LogP contribution is -2.06. The standard InChI is InChI=1S/C9H18O2/c1-7(2)8(3)6-9(11)4-5-10/h6-7,9-11H,4-5H2,1-3H3. The summed E-state index contributed by atoms with van der Waals surface area (Å²) in [7, 11) is 0. The first kappa shape index (κ1) is 10.7. The molecule has 0 aromatic rings. The van der Waals surface area contributed by atoms with E-state index in [0.29, 0.717) is 12.3 Å². The molecule has 0 aromatic heterocycles. The smallest absolute Gasteiger partial charge is 0.0745 e. The van der Waals surface area contributed by atoms with E-state index in [9.17, 15) is 5.11 Å². The van der Waals surface area contributed by atoms with Gasteiger partial charge in [0.2, 0.25) is 0 Å². The lowest BCUT2D eigenvalue weighted by Gasteiger charge is -2.08. The van der Waals surface area contributed by atoms with Crippen LogP contribution in [0.1, 0.15) is 27.2 Å². The van der Waals surface area contributed by atoms with Crippen molar-refractivity contribution in [2.75, 3.05) is 6.61 Å². The SMILES string of the molecule is CC(=CC(O)CCO)C(C)C. The van der Waals surface area contributed by atoms with Gasteiger partial charge in [0.05, 0.1) is 6.10 Å². The van der Waals surface area contributed by atoms with E-state index in [1.54, 1.807) is 6.08 Å². The van der Waals surface area contributed by atoms with Gasteiger partial charge in [-0.05, 0) is 19.3 Å². The molecule has 66 valence electrons. The molecule has 1 atom stereocenters. The fourth-order valence-corrected chi connectivity index (χ4v) is 0.712. The van der Waals surface area contributed by atoms with Crippen LogP contribution in [0.5, 0.6) is 0 Å². The molecule has 1 unspecified atom stereocenters. The Kier molecular flexibility index (Phi) is 5.16. The molecular formula is C9H18O2. The van der Waals surface area contributed by atoms with Gasteiger partial charge in [0, 0.05) is 6.61 Å². The zero-order chi connectivity index (χ0) is 8.85. The van der Waals surface area contributed by atoms with Crippen molar-refractivity contribution < 1.29 is 10.2 Å². The monoisotopic (exact) mass is 158 g/mol. The van der Waals surface area contributed by atoms with E-state index in [-0.39, 0.29) is 6.61 Å². The van der Waals surface area contributed by atoms with Crippen LogP contribution in [-0.2, 0) is 0 Å². The third-order valence-electron chi connectivity index (χ3n) is 1.79. The van der Waals surface area contributed by atoms with Crippen LogP contribution in [0.25, 0.3) is 0 Å². The molecule has 0 saturated heterocycles. The van der Waals surface area contributed by atoms with Crippen molar-refractivity contribution in [3.63, 3.8) is 0 Å². The van der Waals surface area contributed by atoms with Crippen LogP contribution in [0.4, 0.5) is 0 Å². The number of allylic oxidation sites excluding steroid dienone is 1. The Morgan fingerprint density at radius 1 is 1.45 bits per heavy atom. The summed E-state index contributed by atoms with van der Waals surface area (Å²) in [4.78, 5) is 0. The van der Waals surface area contributed by atoms with Crippen molar-refractivity contribution in [2.45, 2.75) is 33.3 Å². The minimum absolute atomic E-state index is 0.0447. The van der Waals surface area contributed by atoms with E-state index in [0.717, 1.165) is 0 Å². The van der Waals surface area contributed by atoms with Crippen LogP contribution in [0.3, 0.4) is 0 Å². The first-order valence-electron chi connectivity index (χ1n) is 4.05. The zero-order valence-corrected chi connectivity index (χ0v) is 7.54. The molecular weight excluding hydrogens is 140 g/mol. The second kappa shape index (κ2) is 5.33. The molecule has 0 spiro atoms. The molecule has 0 fully saturated rings. The molecule has 0 aromatic carbocycles. The molecule has 2 nitrogen and oxygen atoms in total. The third kappa shape index (κ3) is 4.99. The predicted molar refractivity (Wildman–Crippen MR) is 46.3 cm³/mol. The van der Waals surface area contributed by atoms with Crippen LogP contribution < -0.4 is 0 Å². The van der Waals surface area contributed by atoms with Gasteiger partial charge in [-0.2, -0.15) is 0 Å². The van der Waals surface area contributed by atoms with E-state index in [2.05, 4.69) is 13.8 Å². The molecule has 0 bridgehead atoms. The second-order valence-corrected chi connectivity index (χ2v) is 3.15. The molecule has 0 aliphatic rings. The van der Waals surface area contributed by atoms with Gasteiger partial charge < -0.3 is 10.2 Å². The second-order valence-electron chi connectivity index (χ2n) is 3.15. The van der Waals surface area contributed by atoms with E-state index < -0.39 is 6.10 Å². The highest BCUT2D eigenvalue weighted by molar-refractivity contribution is 5.03. The molecule has 0 rings (SSSR count). The maximum Gasteiger partial charge on any atom is 0.0745 e. The third-order valence-corrected chi connectivity index (χ3v) is 1.79. The molecule has 0 aliphatic heterocycles. The number of rotatable bonds is 4. The van der Waals surface area contributed by atoms with Gasteiger partial charge in [-0.1, -0.05) is 25.5 Å². The fourth-order valence-electron chi connectivity index (χ4n) is 0.712. The summed E-state index contributed by atoms with van der Waals surface area (Å²) in [6, 6.07) is 0. The Labute approximate surface area is 68.6 Å².